The smallest absolute Gasteiger partial charge is 0.0136 e. The van der Waals surface area contributed by atoms with Crippen LogP contribution in [0.15, 0.2) is 30.3 Å². The Morgan fingerprint density at radius 3 is 1.94 bits per heavy atom. The van der Waals surface area contributed by atoms with E-state index in [-0.39, 0.29) is 6.04 Å². The lowest BCUT2D eigenvalue weighted by atomic mass is 9.76. The highest BCUT2D eigenvalue weighted by molar-refractivity contribution is 5.22. The molecule has 17 heavy (non-hydrogen) atoms. The molecule has 1 nitrogen and oxygen atoms in total. The second-order valence-corrected chi connectivity index (χ2v) is 5.28. The summed E-state index contributed by atoms with van der Waals surface area (Å²) in [4.78, 5) is 0. The molecule has 0 spiro atoms. The Labute approximate surface area is 106 Å². The Hall–Kier alpha value is -0.820. The first-order valence-electron chi connectivity index (χ1n) is 6.92. The summed E-state index contributed by atoms with van der Waals surface area (Å²) in [5, 5.41) is 0. The van der Waals surface area contributed by atoms with Crippen LogP contribution in [0.1, 0.15) is 52.0 Å². The van der Waals surface area contributed by atoms with Crippen LogP contribution in [0.25, 0.3) is 0 Å². The monoisotopic (exact) mass is 233 g/mol. The van der Waals surface area contributed by atoms with E-state index >= 15 is 0 Å². The van der Waals surface area contributed by atoms with Gasteiger partial charge in [0.15, 0.2) is 0 Å². The minimum Gasteiger partial charge on any atom is -0.327 e. The molecular formula is C16H27N. The zero-order chi connectivity index (χ0) is 12.8. The van der Waals surface area contributed by atoms with Crippen molar-refractivity contribution in [2.75, 3.05) is 0 Å². The van der Waals surface area contributed by atoms with Crippen LogP contribution in [0.3, 0.4) is 0 Å². The lowest BCUT2D eigenvalue weighted by Crippen LogP contribution is -2.37. The molecule has 1 rings (SSSR count). The largest absolute Gasteiger partial charge is 0.327 e. The summed E-state index contributed by atoms with van der Waals surface area (Å²) in [6.07, 6.45) is 2.34. The summed E-state index contributed by atoms with van der Waals surface area (Å²) in [6.45, 7) is 9.07. The number of nitrogens with two attached hydrogens (primary N) is 1. The van der Waals surface area contributed by atoms with Gasteiger partial charge >= 0.3 is 0 Å². The predicted molar refractivity (Wildman–Crippen MR) is 76.1 cm³/mol. The summed E-state index contributed by atoms with van der Waals surface area (Å²) in [5.74, 6) is 1.70. The van der Waals surface area contributed by atoms with E-state index < -0.39 is 0 Å². The average Bonchev–Trinajstić information content (AvgIpc) is 2.38. The van der Waals surface area contributed by atoms with Crippen molar-refractivity contribution in [3.8, 4) is 0 Å². The van der Waals surface area contributed by atoms with Gasteiger partial charge in [-0.05, 0) is 17.4 Å². The van der Waals surface area contributed by atoms with Gasteiger partial charge in [0.1, 0.15) is 0 Å². The van der Waals surface area contributed by atoms with Crippen molar-refractivity contribution in [1.29, 1.82) is 0 Å². The van der Waals surface area contributed by atoms with Crippen LogP contribution in [0.5, 0.6) is 0 Å². The van der Waals surface area contributed by atoms with Gasteiger partial charge in [-0.15, -0.1) is 0 Å². The molecule has 4 atom stereocenters. The molecular weight excluding hydrogens is 206 g/mol. The van der Waals surface area contributed by atoms with Gasteiger partial charge in [0, 0.05) is 12.0 Å². The molecule has 1 aromatic carbocycles. The molecule has 0 bridgehead atoms. The van der Waals surface area contributed by atoms with Gasteiger partial charge in [0.2, 0.25) is 0 Å². The van der Waals surface area contributed by atoms with E-state index in [4.69, 9.17) is 5.73 Å². The van der Waals surface area contributed by atoms with Crippen molar-refractivity contribution >= 4 is 0 Å². The van der Waals surface area contributed by atoms with Gasteiger partial charge in [0.25, 0.3) is 0 Å². The highest BCUT2D eigenvalue weighted by Crippen LogP contribution is 2.32. The van der Waals surface area contributed by atoms with Crippen LogP contribution in [0.2, 0.25) is 0 Å². The first kappa shape index (κ1) is 14.2. The summed E-state index contributed by atoms with van der Waals surface area (Å²) < 4.78 is 0. The minimum absolute atomic E-state index is 0.261. The van der Waals surface area contributed by atoms with Gasteiger partial charge in [-0.3, -0.25) is 0 Å². The van der Waals surface area contributed by atoms with Crippen molar-refractivity contribution in [3.05, 3.63) is 35.9 Å². The lowest BCUT2D eigenvalue weighted by molar-refractivity contribution is 0.307. The fourth-order valence-corrected chi connectivity index (χ4v) is 2.49. The Balaban J connectivity index is 2.96. The highest BCUT2D eigenvalue weighted by atomic mass is 14.7. The maximum atomic E-state index is 6.48. The van der Waals surface area contributed by atoms with E-state index in [1.807, 2.05) is 0 Å². The molecule has 0 radical (unpaired) electrons. The molecule has 1 heteroatoms. The zero-order valence-electron chi connectivity index (χ0n) is 11.7. The van der Waals surface area contributed by atoms with Gasteiger partial charge in [-0.2, -0.15) is 0 Å². The Morgan fingerprint density at radius 1 is 0.941 bits per heavy atom. The van der Waals surface area contributed by atoms with Crippen molar-refractivity contribution in [2.24, 2.45) is 17.6 Å². The lowest BCUT2D eigenvalue weighted by Gasteiger charge is -2.33. The summed E-state index contributed by atoms with van der Waals surface area (Å²) in [7, 11) is 0. The molecule has 0 aliphatic carbocycles. The molecule has 0 amide bonds. The van der Waals surface area contributed by atoms with E-state index in [1.54, 1.807) is 0 Å². The van der Waals surface area contributed by atoms with Crippen LogP contribution in [0.4, 0.5) is 0 Å². The zero-order valence-corrected chi connectivity index (χ0v) is 11.7. The topological polar surface area (TPSA) is 26.0 Å². The number of hydrogen-bond donors (Lipinski definition) is 1. The predicted octanol–water partition coefficient (Wildman–Crippen LogP) is 4.19. The highest BCUT2D eigenvalue weighted by Gasteiger charge is 2.27. The van der Waals surface area contributed by atoms with E-state index in [2.05, 4.69) is 58.0 Å². The van der Waals surface area contributed by atoms with Crippen LogP contribution in [-0.4, -0.2) is 6.04 Å². The number of hydrogen-bond acceptors (Lipinski definition) is 1. The maximum absolute atomic E-state index is 6.48. The second-order valence-electron chi connectivity index (χ2n) is 5.28. The van der Waals surface area contributed by atoms with Crippen molar-refractivity contribution in [1.82, 2.24) is 0 Å². The third kappa shape index (κ3) is 3.57. The minimum atomic E-state index is 0.261. The second kappa shape index (κ2) is 6.80. The standard InChI is InChI=1S/C16H27N/c1-5-12(3)15(16(17)13(4)6-2)14-10-8-7-9-11-14/h7-13,15-16H,5-6,17H2,1-4H3. The van der Waals surface area contributed by atoms with Crippen LogP contribution < -0.4 is 5.73 Å². The molecule has 0 saturated carbocycles. The van der Waals surface area contributed by atoms with E-state index in [9.17, 15) is 0 Å². The Kier molecular flexibility index (Phi) is 5.70. The number of benzene rings is 1. The molecule has 1 aromatic rings. The molecule has 0 aliphatic heterocycles. The summed E-state index contributed by atoms with van der Waals surface area (Å²) in [5.41, 5.74) is 7.88. The molecule has 4 unspecified atom stereocenters. The Bertz CT molecular complexity index is 307. The molecule has 0 saturated heterocycles. The van der Waals surface area contributed by atoms with Crippen LogP contribution in [-0.2, 0) is 0 Å². The first-order valence-corrected chi connectivity index (χ1v) is 6.92. The van der Waals surface area contributed by atoms with Crippen molar-refractivity contribution < 1.29 is 0 Å². The molecule has 2 N–H and O–H groups in total. The normalized spacial score (nSPS) is 18.4. The maximum Gasteiger partial charge on any atom is 0.0136 e. The molecule has 0 fully saturated rings. The quantitative estimate of drug-likeness (QED) is 0.783. The number of rotatable bonds is 6. The van der Waals surface area contributed by atoms with E-state index in [0.717, 1.165) is 6.42 Å². The molecule has 0 aliphatic rings. The van der Waals surface area contributed by atoms with E-state index in [1.165, 1.54) is 12.0 Å². The van der Waals surface area contributed by atoms with Crippen LogP contribution in [0, 0.1) is 11.8 Å². The van der Waals surface area contributed by atoms with Crippen molar-refractivity contribution in [2.45, 2.75) is 52.5 Å². The van der Waals surface area contributed by atoms with Gasteiger partial charge in [0.05, 0.1) is 0 Å². The third-order valence-corrected chi connectivity index (χ3v) is 4.16. The average molecular weight is 233 g/mol. The van der Waals surface area contributed by atoms with Crippen molar-refractivity contribution in [3.63, 3.8) is 0 Å². The first-order chi connectivity index (χ1) is 8.11. The van der Waals surface area contributed by atoms with Gasteiger partial charge < -0.3 is 5.73 Å². The third-order valence-electron chi connectivity index (χ3n) is 4.16. The van der Waals surface area contributed by atoms with E-state index in [0.29, 0.717) is 17.8 Å². The SMILES string of the molecule is CCC(C)C(N)C(c1ccccc1)C(C)CC. The summed E-state index contributed by atoms with van der Waals surface area (Å²) in [6, 6.07) is 11.0. The van der Waals surface area contributed by atoms with Gasteiger partial charge in [-0.1, -0.05) is 70.9 Å². The summed E-state index contributed by atoms with van der Waals surface area (Å²) >= 11 is 0. The van der Waals surface area contributed by atoms with Crippen LogP contribution >= 0.6 is 0 Å². The molecule has 96 valence electrons. The fraction of sp³-hybridized carbons (Fsp3) is 0.625. The van der Waals surface area contributed by atoms with Gasteiger partial charge in [-0.25, -0.2) is 0 Å². The molecule has 0 aromatic heterocycles. The fourth-order valence-electron chi connectivity index (χ4n) is 2.49. The Morgan fingerprint density at radius 2 is 1.47 bits per heavy atom. The molecule has 0 heterocycles.